The predicted molar refractivity (Wildman–Crippen MR) is 115 cm³/mol. The second kappa shape index (κ2) is 8.38. The first-order chi connectivity index (χ1) is 14.5. The summed E-state index contributed by atoms with van der Waals surface area (Å²) in [5.41, 5.74) is 2.38. The highest BCUT2D eigenvalue weighted by Gasteiger charge is 2.35. The largest absolute Gasteiger partial charge is 0.496 e. The first kappa shape index (κ1) is 20.3. The van der Waals surface area contributed by atoms with Gasteiger partial charge in [0.2, 0.25) is 0 Å². The van der Waals surface area contributed by atoms with Crippen molar-refractivity contribution in [3.63, 3.8) is 0 Å². The number of likely N-dealkylation sites (tertiary alicyclic amines) is 1. The summed E-state index contributed by atoms with van der Waals surface area (Å²) in [5, 5.41) is 0.829. The summed E-state index contributed by atoms with van der Waals surface area (Å²) in [6, 6.07) is 12.5. The van der Waals surface area contributed by atoms with Crippen LogP contribution in [0.15, 0.2) is 42.5 Å². The first-order valence-corrected chi connectivity index (χ1v) is 10.3. The number of hydrogen-bond acceptors (Lipinski definition) is 3. The number of aromatic nitrogens is 1. The van der Waals surface area contributed by atoms with Crippen LogP contribution in [-0.2, 0) is 6.42 Å². The molecular weight excluding hydrogens is 383 g/mol. The van der Waals surface area contributed by atoms with Crippen LogP contribution >= 0.6 is 0 Å². The Morgan fingerprint density at radius 1 is 1.10 bits per heavy atom. The molecule has 2 atom stereocenters. The van der Waals surface area contributed by atoms with Crippen molar-refractivity contribution in [2.45, 2.75) is 44.7 Å². The van der Waals surface area contributed by atoms with Crippen molar-refractivity contribution < 1.29 is 18.7 Å². The molecule has 0 aliphatic carbocycles. The van der Waals surface area contributed by atoms with Gasteiger partial charge in [0.05, 0.1) is 19.7 Å². The van der Waals surface area contributed by atoms with Crippen molar-refractivity contribution in [3.05, 3.63) is 59.5 Å². The van der Waals surface area contributed by atoms with Crippen molar-refractivity contribution in [3.8, 4) is 11.5 Å². The Labute approximate surface area is 175 Å². The molecule has 30 heavy (non-hydrogen) atoms. The number of H-pyrrole nitrogens is 1. The van der Waals surface area contributed by atoms with Gasteiger partial charge in [-0.1, -0.05) is 12.1 Å². The van der Waals surface area contributed by atoms with Crippen LogP contribution in [0.2, 0.25) is 0 Å². The van der Waals surface area contributed by atoms with Crippen LogP contribution in [0.1, 0.15) is 42.2 Å². The minimum Gasteiger partial charge on any atom is -0.496 e. The Morgan fingerprint density at radius 2 is 1.80 bits per heavy atom. The molecule has 1 amide bonds. The lowest BCUT2D eigenvalue weighted by atomic mass is 10.0. The lowest BCUT2D eigenvalue weighted by Gasteiger charge is -2.28. The quantitative estimate of drug-likeness (QED) is 0.626. The predicted octanol–water partition coefficient (Wildman–Crippen LogP) is 4.95. The molecule has 2 aromatic carbocycles. The van der Waals surface area contributed by atoms with Gasteiger partial charge in [-0.3, -0.25) is 4.79 Å². The number of aromatic amines is 1. The Bertz CT molecular complexity index is 1000. The van der Waals surface area contributed by atoms with Crippen molar-refractivity contribution >= 4 is 16.8 Å². The summed E-state index contributed by atoms with van der Waals surface area (Å²) >= 11 is 0. The van der Waals surface area contributed by atoms with Gasteiger partial charge in [0.25, 0.3) is 5.91 Å². The Balaban J connectivity index is 1.58. The zero-order valence-corrected chi connectivity index (χ0v) is 17.6. The van der Waals surface area contributed by atoms with Crippen LogP contribution in [0.3, 0.4) is 0 Å². The minimum absolute atomic E-state index is 0.00980. The molecule has 0 spiro atoms. The molecule has 2 heterocycles. The number of rotatable bonds is 6. The van der Waals surface area contributed by atoms with Crippen LogP contribution in [0, 0.1) is 5.82 Å². The fourth-order valence-corrected chi connectivity index (χ4v) is 4.48. The SMILES string of the molecule is COc1ccc(OC)c2[nH]c(C(=O)N3[C@@H](CCc4ccc(F)cc4)CC[C@H]3C)cc12. The molecule has 0 radical (unpaired) electrons. The number of halogens is 1. The normalized spacial score (nSPS) is 18.7. The number of nitrogens with one attached hydrogen (secondary N) is 1. The number of carbonyl (C=O) groups is 1. The highest BCUT2D eigenvalue weighted by Crippen LogP contribution is 2.35. The molecule has 1 aliphatic heterocycles. The number of aryl methyl sites for hydroxylation is 1. The molecule has 1 aromatic heterocycles. The van der Waals surface area contributed by atoms with E-state index in [2.05, 4.69) is 11.9 Å². The van der Waals surface area contributed by atoms with E-state index in [1.54, 1.807) is 14.2 Å². The lowest BCUT2D eigenvalue weighted by Crippen LogP contribution is -2.40. The maximum Gasteiger partial charge on any atom is 0.270 e. The van der Waals surface area contributed by atoms with E-state index in [1.807, 2.05) is 35.2 Å². The van der Waals surface area contributed by atoms with Gasteiger partial charge in [-0.25, -0.2) is 4.39 Å². The minimum atomic E-state index is -0.227. The molecule has 1 aliphatic rings. The van der Waals surface area contributed by atoms with Crippen LogP contribution in [0.5, 0.6) is 11.5 Å². The van der Waals surface area contributed by atoms with Crippen LogP contribution in [-0.4, -0.2) is 42.1 Å². The fourth-order valence-electron chi connectivity index (χ4n) is 4.48. The molecule has 4 rings (SSSR count). The molecule has 5 nitrogen and oxygen atoms in total. The maximum atomic E-state index is 13.5. The second-order valence-corrected chi connectivity index (χ2v) is 7.90. The fraction of sp³-hybridized carbons (Fsp3) is 0.375. The highest BCUT2D eigenvalue weighted by atomic mass is 19.1. The van der Waals surface area contributed by atoms with Crippen LogP contribution < -0.4 is 9.47 Å². The zero-order chi connectivity index (χ0) is 21.3. The molecule has 1 fully saturated rings. The van der Waals surface area contributed by atoms with Gasteiger partial charge < -0.3 is 19.4 Å². The summed E-state index contributed by atoms with van der Waals surface area (Å²) in [6.45, 7) is 2.10. The first-order valence-electron chi connectivity index (χ1n) is 10.3. The Morgan fingerprint density at radius 3 is 2.50 bits per heavy atom. The van der Waals surface area contributed by atoms with Gasteiger partial charge in [-0.05, 0) is 68.5 Å². The standard InChI is InChI=1S/C24H27FN2O3/c1-15-4-10-18(11-7-16-5-8-17(25)9-6-16)27(15)24(28)20-14-19-21(29-2)12-13-22(30-3)23(19)26-20/h5-6,8-9,12-15,18,26H,4,7,10-11H2,1-3H3/t15-,18-/m1/s1. The van der Waals surface area contributed by atoms with Gasteiger partial charge in [-0.2, -0.15) is 0 Å². The third-order valence-electron chi connectivity index (χ3n) is 6.09. The Hall–Kier alpha value is -3.02. The van der Waals surface area contributed by atoms with Gasteiger partial charge in [0, 0.05) is 17.5 Å². The van der Waals surface area contributed by atoms with E-state index in [0.29, 0.717) is 17.2 Å². The molecule has 3 aromatic rings. The summed E-state index contributed by atoms with van der Waals surface area (Å²) < 4.78 is 24.1. The van der Waals surface area contributed by atoms with E-state index in [-0.39, 0.29) is 23.8 Å². The number of hydrogen-bond donors (Lipinski definition) is 1. The summed E-state index contributed by atoms with van der Waals surface area (Å²) in [6.07, 6.45) is 3.62. The third kappa shape index (κ3) is 3.74. The molecule has 6 heteroatoms. The molecule has 1 saturated heterocycles. The lowest BCUT2D eigenvalue weighted by molar-refractivity contribution is 0.0667. The summed E-state index contributed by atoms with van der Waals surface area (Å²) in [4.78, 5) is 18.7. The summed E-state index contributed by atoms with van der Waals surface area (Å²) in [7, 11) is 3.22. The van der Waals surface area contributed by atoms with Gasteiger partial charge in [0.15, 0.2) is 0 Å². The number of carbonyl (C=O) groups excluding carboxylic acids is 1. The molecule has 0 unspecified atom stereocenters. The highest BCUT2D eigenvalue weighted by molar-refractivity contribution is 6.01. The van der Waals surface area contributed by atoms with Gasteiger partial charge in [-0.15, -0.1) is 0 Å². The van der Waals surface area contributed by atoms with Crippen molar-refractivity contribution in [1.29, 1.82) is 0 Å². The van der Waals surface area contributed by atoms with E-state index in [0.717, 1.165) is 42.1 Å². The summed E-state index contributed by atoms with van der Waals surface area (Å²) in [5.74, 6) is 1.13. The topological polar surface area (TPSA) is 54.6 Å². The van der Waals surface area contributed by atoms with E-state index in [4.69, 9.17) is 9.47 Å². The zero-order valence-electron chi connectivity index (χ0n) is 17.6. The Kier molecular flexibility index (Phi) is 5.66. The number of amides is 1. The average Bonchev–Trinajstić information content (AvgIpc) is 3.36. The van der Waals surface area contributed by atoms with Crippen LogP contribution in [0.25, 0.3) is 10.9 Å². The number of nitrogens with zero attached hydrogens (tertiary/aromatic N) is 1. The van der Waals surface area contributed by atoms with E-state index in [1.165, 1.54) is 12.1 Å². The number of ether oxygens (including phenoxy) is 2. The molecular formula is C24H27FN2O3. The average molecular weight is 410 g/mol. The number of fused-ring (bicyclic) bond motifs is 1. The molecule has 1 N–H and O–H groups in total. The molecule has 0 bridgehead atoms. The monoisotopic (exact) mass is 410 g/mol. The van der Waals surface area contributed by atoms with Crippen molar-refractivity contribution in [1.82, 2.24) is 9.88 Å². The second-order valence-electron chi connectivity index (χ2n) is 7.90. The molecule has 158 valence electrons. The van der Waals surface area contributed by atoms with Crippen molar-refractivity contribution in [2.24, 2.45) is 0 Å². The van der Waals surface area contributed by atoms with Crippen LogP contribution in [0.4, 0.5) is 4.39 Å². The van der Waals surface area contributed by atoms with Crippen molar-refractivity contribution in [2.75, 3.05) is 14.2 Å². The van der Waals surface area contributed by atoms with E-state index < -0.39 is 0 Å². The number of benzene rings is 2. The smallest absolute Gasteiger partial charge is 0.270 e. The van der Waals surface area contributed by atoms with E-state index >= 15 is 0 Å². The van der Waals surface area contributed by atoms with Gasteiger partial charge in [0.1, 0.15) is 23.0 Å². The van der Waals surface area contributed by atoms with E-state index in [9.17, 15) is 9.18 Å². The third-order valence-corrected chi connectivity index (χ3v) is 6.09. The molecule has 0 saturated carbocycles. The number of methoxy groups -OCH3 is 2. The maximum absolute atomic E-state index is 13.5. The van der Waals surface area contributed by atoms with Gasteiger partial charge >= 0.3 is 0 Å².